The SMILES string of the molecule is c1ccc(N(c2ccccc2)c2cc3sc4c(sc5cc(N(c6ccccc6)c6ccccc6)c6ccccc6c54)c3c3ccccc23)cc1. The molecule has 10 aromatic rings. The number of nitrogens with zero attached hydrogens (tertiary/aromatic N) is 2. The number of rotatable bonds is 6. The molecule has 0 aliphatic heterocycles. The number of hydrogen-bond acceptors (Lipinski definition) is 4. The highest BCUT2D eigenvalue weighted by molar-refractivity contribution is 7.37. The van der Waals surface area contributed by atoms with Gasteiger partial charge < -0.3 is 9.80 Å². The van der Waals surface area contributed by atoms with Gasteiger partial charge in [0.15, 0.2) is 0 Å². The Kier molecular flexibility index (Phi) is 6.90. The Hall–Kier alpha value is -5.94. The minimum absolute atomic E-state index is 1.15. The number of thiophene rings is 2. The van der Waals surface area contributed by atoms with E-state index in [1.165, 1.54) is 62.5 Å². The van der Waals surface area contributed by atoms with Crippen molar-refractivity contribution < 1.29 is 0 Å². The largest absolute Gasteiger partial charge is 0.310 e. The third-order valence-electron chi connectivity index (χ3n) is 9.60. The Morgan fingerprint density at radius 1 is 0.300 bits per heavy atom. The van der Waals surface area contributed by atoms with E-state index in [1.54, 1.807) is 0 Å². The van der Waals surface area contributed by atoms with Crippen LogP contribution in [0.5, 0.6) is 0 Å². The first-order valence-corrected chi connectivity index (χ1v) is 18.5. The van der Waals surface area contributed by atoms with E-state index in [-0.39, 0.29) is 0 Å². The fourth-order valence-electron chi connectivity index (χ4n) is 7.47. The molecular formula is C46H30N2S2. The topological polar surface area (TPSA) is 6.48 Å². The summed E-state index contributed by atoms with van der Waals surface area (Å²) in [4.78, 5) is 4.80. The summed E-state index contributed by atoms with van der Waals surface area (Å²) in [6.45, 7) is 0. The molecule has 0 saturated heterocycles. The average Bonchev–Trinajstić information content (AvgIpc) is 3.72. The summed E-state index contributed by atoms with van der Waals surface area (Å²) < 4.78 is 5.34. The Balaban J connectivity index is 1.27. The van der Waals surface area contributed by atoms with Gasteiger partial charge in [-0.2, -0.15) is 0 Å². The molecule has 0 amide bonds. The van der Waals surface area contributed by atoms with E-state index >= 15 is 0 Å². The van der Waals surface area contributed by atoms with Gasteiger partial charge in [0.05, 0.1) is 20.8 Å². The molecule has 4 heteroatoms. The van der Waals surface area contributed by atoms with Crippen LogP contribution in [0.1, 0.15) is 0 Å². The summed E-state index contributed by atoms with van der Waals surface area (Å²) in [5.41, 5.74) is 6.96. The third kappa shape index (κ3) is 4.61. The highest BCUT2D eigenvalue weighted by Gasteiger charge is 2.24. The van der Waals surface area contributed by atoms with Crippen LogP contribution < -0.4 is 9.80 Å². The average molecular weight is 675 g/mol. The van der Waals surface area contributed by atoms with Crippen molar-refractivity contribution in [1.29, 1.82) is 0 Å². The van der Waals surface area contributed by atoms with Gasteiger partial charge in [-0.15, -0.1) is 22.7 Å². The molecule has 8 aromatic carbocycles. The van der Waals surface area contributed by atoms with Crippen LogP contribution in [-0.4, -0.2) is 0 Å². The van der Waals surface area contributed by atoms with E-state index in [0.717, 1.165) is 22.7 Å². The maximum Gasteiger partial charge on any atom is 0.0554 e. The van der Waals surface area contributed by atoms with Crippen molar-refractivity contribution in [1.82, 2.24) is 0 Å². The molecule has 0 unspecified atom stereocenters. The quantitative estimate of drug-likeness (QED) is 0.173. The van der Waals surface area contributed by atoms with Crippen molar-refractivity contribution in [2.24, 2.45) is 0 Å². The number of anilines is 6. The number of para-hydroxylation sites is 4. The predicted octanol–water partition coefficient (Wildman–Crippen LogP) is 14.5. The first-order valence-electron chi connectivity index (χ1n) is 16.9. The smallest absolute Gasteiger partial charge is 0.0554 e. The van der Waals surface area contributed by atoms with Crippen molar-refractivity contribution in [2.45, 2.75) is 0 Å². The summed E-state index contributed by atoms with van der Waals surface area (Å²) in [5.74, 6) is 0. The summed E-state index contributed by atoms with van der Waals surface area (Å²) in [7, 11) is 0. The second-order valence-corrected chi connectivity index (χ2v) is 14.6. The van der Waals surface area contributed by atoms with Crippen LogP contribution in [0.4, 0.5) is 34.1 Å². The minimum atomic E-state index is 1.15. The normalized spacial score (nSPS) is 11.6. The van der Waals surface area contributed by atoms with Crippen molar-refractivity contribution in [3.8, 4) is 0 Å². The van der Waals surface area contributed by atoms with Crippen LogP contribution in [0.25, 0.3) is 51.1 Å². The molecule has 0 spiro atoms. The van der Waals surface area contributed by atoms with E-state index in [4.69, 9.17) is 0 Å². The molecule has 0 bridgehead atoms. The molecule has 0 aliphatic carbocycles. The lowest BCUT2D eigenvalue weighted by molar-refractivity contribution is 1.30. The van der Waals surface area contributed by atoms with Crippen LogP contribution in [0.2, 0.25) is 0 Å². The Morgan fingerprint density at radius 3 is 0.900 bits per heavy atom. The van der Waals surface area contributed by atoms with E-state index in [1.807, 2.05) is 22.7 Å². The molecule has 50 heavy (non-hydrogen) atoms. The number of fused-ring (bicyclic) bond motifs is 9. The van der Waals surface area contributed by atoms with Crippen molar-refractivity contribution in [3.05, 3.63) is 182 Å². The fourth-order valence-corrected chi connectivity index (χ4v) is 10.3. The van der Waals surface area contributed by atoms with Crippen LogP contribution >= 0.6 is 22.7 Å². The minimum Gasteiger partial charge on any atom is -0.310 e. The number of hydrogen-bond donors (Lipinski definition) is 0. The second kappa shape index (κ2) is 11.9. The lowest BCUT2D eigenvalue weighted by Gasteiger charge is -2.27. The Bertz CT molecular complexity index is 2530. The summed E-state index contributed by atoms with van der Waals surface area (Å²) in [5, 5.41) is 7.76. The monoisotopic (exact) mass is 674 g/mol. The first kappa shape index (κ1) is 29.0. The van der Waals surface area contributed by atoms with Gasteiger partial charge in [-0.3, -0.25) is 0 Å². The van der Waals surface area contributed by atoms with E-state index in [9.17, 15) is 0 Å². The second-order valence-electron chi connectivity index (χ2n) is 12.5. The number of benzene rings is 8. The van der Waals surface area contributed by atoms with E-state index < -0.39 is 0 Å². The molecule has 0 atom stereocenters. The van der Waals surface area contributed by atoms with E-state index in [0.29, 0.717) is 0 Å². The molecule has 236 valence electrons. The summed E-state index contributed by atoms with van der Waals surface area (Å²) in [6.07, 6.45) is 0. The zero-order valence-electron chi connectivity index (χ0n) is 27.0. The third-order valence-corrected chi connectivity index (χ3v) is 12.0. The molecule has 2 heterocycles. The predicted molar refractivity (Wildman–Crippen MR) is 219 cm³/mol. The molecule has 0 saturated carbocycles. The zero-order valence-corrected chi connectivity index (χ0v) is 28.7. The summed E-state index contributed by atoms with van der Waals surface area (Å²) in [6, 6.07) is 65.6. The Morgan fingerprint density at radius 2 is 0.580 bits per heavy atom. The maximum absolute atomic E-state index is 2.42. The molecule has 0 radical (unpaired) electrons. The van der Waals surface area contributed by atoms with Gasteiger partial charge >= 0.3 is 0 Å². The van der Waals surface area contributed by atoms with Gasteiger partial charge in [0.1, 0.15) is 0 Å². The van der Waals surface area contributed by atoms with Crippen LogP contribution in [0.3, 0.4) is 0 Å². The lowest BCUT2D eigenvalue weighted by atomic mass is 10.0. The Labute approximate surface area is 298 Å². The van der Waals surface area contributed by atoms with Crippen LogP contribution in [0, 0.1) is 0 Å². The van der Waals surface area contributed by atoms with Gasteiger partial charge in [-0.1, -0.05) is 121 Å². The van der Waals surface area contributed by atoms with Crippen LogP contribution in [0.15, 0.2) is 182 Å². The van der Waals surface area contributed by atoms with Gasteiger partial charge in [0.2, 0.25) is 0 Å². The molecule has 10 rings (SSSR count). The van der Waals surface area contributed by atoms with Gasteiger partial charge in [0.25, 0.3) is 0 Å². The highest BCUT2D eigenvalue weighted by Crippen LogP contribution is 2.53. The van der Waals surface area contributed by atoms with Crippen molar-refractivity contribution in [2.75, 3.05) is 9.80 Å². The standard InChI is InChI=1S/C46H30N2S2/c1-5-17-31(18-6-1)47(32-19-7-2-8-20-32)39-29-41-43(37-27-15-13-25-35(37)39)45-46(49-41)44-38-28-16-14-26-36(38)40(30-42(44)50-45)48(33-21-9-3-10-22-33)34-23-11-4-12-24-34/h1-30H. The fraction of sp³-hybridized carbons (Fsp3) is 0. The molecular weight excluding hydrogens is 645 g/mol. The molecule has 2 aromatic heterocycles. The molecule has 0 fully saturated rings. The first-order chi connectivity index (χ1) is 24.8. The van der Waals surface area contributed by atoms with Crippen molar-refractivity contribution in [3.63, 3.8) is 0 Å². The summed E-state index contributed by atoms with van der Waals surface area (Å²) >= 11 is 3.85. The van der Waals surface area contributed by atoms with E-state index in [2.05, 4.69) is 192 Å². The molecule has 0 aliphatic rings. The van der Waals surface area contributed by atoms with Gasteiger partial charge in [0, 0.05) is 53.7 Å². The lowest BCUT2D eigenvalue weighted by Crippen LogP contribution is -2.10. The molecule has 0 N–H and O–H groups in total. The van der Waals surface area contributed by atoms with Crippen LogP contribution in [-0.2, 0) is 0 Å². The highest BCUT2D eigenvalue weighted by atomic mass is 32.1. The van der Waals surface area contributed by atoms with Crippen molar-refractivity contribution >= 4 is 108 Å². The van der Waals surface area contributed by atoms with Gasteiger partial charge in [-0.25, -0.2) is 0 Å². The zero-order chi connectivity index (χ0) is 33.0. The molecule has 2 nitrogen and oxygen atoms in total. The maximum atomic E-state index is 2.42. The van der Waals surface area contributed by atoms with Gasteiger partial charge in [-0.05, 0) is 71.4 Å².